The molecule has 1 aliphatic rings. The zero-order valence-electron chi connectivity index (χ0n) is 8.08. The van der Waals surface area contributed by atoms with Crippen molar-refractivity contribution in [2.24, 2.45) is 0 Å². The monoisotopic (exact) mass is 191 g/mol. The Kier molecular flexibility index (Phi) is 4.62. The maximum atomic E-state index is 12.0. The second-order valence-electron chi connectivity index (χ2n) is 3.60. The Hall–Kier alpha value is -0.190. The van der Waals surface area contributed by atoms with Gasteiger partial charge in [0.25, 0.3) is 0 Å². The second kappa shape index (κ2) is 5.52. The molecule has 4 heteroatoms. The molecule has 0 amide bonds. The van der Waals surface area contributed by atoms with Gasteiger partial charge in [-0.05, 0) is 13.3 Å². The summed E-state index contributed by atoms with van der Waals surface area (Å²) in [6.45, 7) is 4.21. The molecule has 2 atom stereocenters. The lowest BCUT2D eigenvalue weighted by Crippen LogP contribution is -2.37. The first-order valence-corrected chi connectivity index (χ1v) is 4.80. The molecule has 0 aliphatic carbocycles. The van der Waals surface area contributed by atoms with Crippen molar-refractivity contribution in [2.45, 2.75) is 25.6 Å². The lowest BCUT2D eigenvalue weighted by molar-refractivity contribution is 0.0514. The van der Waals surface area contributed by atoms with Crippen molar-refractivity contribution in [3.05, 3.63) is 0 Å². The first-order valence-electron chi connectivity index (χ1n) is 4.80. The third-order valence-corrected chi connectivity index (χ3v) is 2.18. The van der Waals surface area contributed by atoms with Gasteiger partial charge in [0.05, 0.1) is 12.2 Å². The number of ether oxygens (including phenoxy) is 1. The molecule has 0 radical (unpaired) electrons. The molecule has 1 heterocycles. The molecule has 0 aromatic heterocycles. The van der Waals surface area contributed by atoms with Crippen LogP contribution in [0, 0.1) is 0 Å². The molecule has 1 rings (SSSR count). The summed E-state index contributed by atoms with van der Waals surface area (Å²) in [5, 5.41) is 9.13. The van der Waals surface area contributed by atoms with E-state index in [0.717, 1.165) is 26.1 Å². The predicted octanol–water partition coefficient (Wildman–Crippen LogP) is 0.428. The normalized spacial score (nSPS) is 28.4. The number of hydrogen-bond donors (Lipinski definition) is 1. The van der Waals surface area contributed by atoms with Crippen molar-refractivity contribution < 1.29 is 14.2 Å². The van der Waals surface area contributed by atoms with Crippen molar-refractivity contribution in [3.63, 3.8) is 0 Å². The van der Waals surface area contributed by atoms with Crippen LogP contribution < -0.4 is 0 Å². The summed E-state index contributed by atoms with van der Waals surface area (Å²) in [4.78, 5) is 2.06. The van der Waals surface area contributed by atoms with Crippen LogP contribution in [0.3, 0.4) is 0 Å². The van der Waals surface area contributed by atoms with E-state index in [4.69, 9.17) is 9.84 Å². The lowest BCUT2D eigenvalue weighted by Gasteiger charge is -2.23. The first kappa shape index (κ1) is 10.9. The van der Waals surface area contributed by atoms with Crippen LogP contribution in [0.15, 0.2) is 0 Å². The fraction of sp³-hybridized carbons (Fsp3) is 1.00. The molecule has 78 valence electrons. The molecular formula is C9H18FNO2. The number of rotatable bonds is 3. The van der Waals surface area contributed by atoms with Gasteiger partial charge in [0, 0.05) is 26.2 Å². The Morgan fingerprint density at radius 1 is 1.69 bits per heavy atom. The van der Waals surface area contributed by atoms with Crippen LogP contribution in [0.1, 0.15) is 13.3 Å². The number of alkyl halides is 1. The zero-order valence-corrected chi connectivity index (χ0v) is 8.08. The Morgan fingerprint density at radius 2 is 2.46 bits per heavy atom. The van der Waals surface area contributed by atoms with E-state index in [1.54, 1.807) is 0 Å². The lowest BCUT2D eigenvalue weighted by atomic mass is 10.3. The summed E-state index contributed by atoms with van der Waals surface area (Å²) in [5.41, 5.74) is 0. The van der Waals surface area contributed by atoms with Crippen molar-refractivity contribution in [3.8, 4) is 0 Å². The van der Waals surface area contributed by atoms with Gasteiger partial charge in [-0.15, -0.1) is 0 Å². The van der Waals surface area contributed by atoms with Crippen LogP contribution in [-0.2, 0) is 4.74 Å². The van der Waals surface area contributed by atoms with E-state index in [0.29, 0.717) is 6.54 Å². The van der Waals surface area contributed by atoms with Crippen LogP contribution in [-0.4, -0.2) is 55.1 Å². The molecule has 1 fully saturated rings. The highest BCUT2D eigenvalue weighted by Gasteiger charge is 2.17. The Labute approximate surface area is 78.5 Å². The molecule has 0 spiro atoms. The van der Waals surface area contributed by atoms with E-state index >= 15 is 0 Å². The van der Waals surface area contributed by atoms with Gasteiger partial charge in [0.2, 0.25) is 0 Å². The Balaban J connectivity index is 2.30. The van der Waals surface area contributed by atoms with Crippen LogP contribution in [0.25, 0.3) is 0 Å². The van der Waals surface area contributed by atoms with Gasteiger partial charge in [0.1, 0.15) is 6.67 Å². The van der Waals surface area contributed by atoms with Gasteiger partial charge in [-0.2, -0.15) is 0 Å². The first-order chi connectivity index (χ1) is 6.22. The van der Waals surface area contributed by atoms with E-state index in [-0.39, 0.29) is 6.10 Å². The molecule has 2 unspecified atom stereocenters. The summed E-state index contributed by atoms with van der Waals surface area (Å²) in [5.74, 6) is 0. The number of hydrogen-bond acceptors (Lipinski definition) is 3. The molecule has 3 nitrogen and oxygen atoms in total. The molecule has 0 aromatic carbocycles. The highest BCUT2D eigenvalue weighted by atomic mass is 19.1. The number of aliphatic hydroxyl groups excluding tert-OH is 1. The minimum absolute atomic E-state index is 0.189. The van der Waals surface area contributed by atoms with Gasteiger partial charge in [-0.3, -0.25) is 4.90 Å². The molecule has 13 heavy (non-hydrogen) atoms. The summed E-state index contributed by atoms with van der Waals surface area (Å²) < 4.78 is 17.5. The van der Waals surface area contributed by atoms with E-state index in [1.807, 2.05) is 6.92 Å². The summed E-state index contributed by atoms with van der Waals surface area (Å²) in [6, 6.07) is 0. The van der Waals surface area contributed by atoms with Crippen LogP contribution in [0.5, 0.6) is 0 Å². The van der Waals surface area contributed by atoms with E-state index < -0.39 is 12.8 Å². The fourth-order valence-corrected chi connectivity index (χ4v) is 1.59. The molecule has 0 saturated carbocycles. The van der Waals surface area contributed by atoms with Crippen molar-refractivity contribution in [1.82, 2.24) is 4.90 Å². The van der Waals surface area contributed by atoms with Crippen LogP contribution in [0.4, 0.5) is 4.39 Å². The van der Waals surface area contributed by atoms with E-state index in [9.17, 15) is 4.39 Å². The van der Waals surface area contributed by atoms with Crippen molar-refractivity contribution >= 4 is 0 Å². The molecule has 1 aliphatic heterocycles. The van der Waals surface area contributed by atoms with Gasteiger partial charge < -0.3 is 9.84 Å². The highest BCUT2D eigenvalue weighted by molar-refractivity contribution is 4.69. The van der Waals surface area contributed by atoms with Gasteiger partial charge in [-0.1, -0.05) is 0 Å². The summed E-state index contributed by atoms with van der Waals surface area (Å²) >= 11 is 0. The topological polar surface area (TPSA) is 32.7 Å². The Bertz CT molecular complexity index is 146. The minimum atomic E-state index is -0.842. The van der Waals surface area contributed by atoms with Gasteiger partial charge >= 0.3 is 0 Å². The maximum absolute atomic E-state index is 12.0. The molecule has 0 bridgehead atoms. The SMILES string of the molecule is CC1CN(CC(O)CF)CCCO1. The number of aliphatic hydroxyl groups is 1. The fourth-order valence-electron chi connectivity index (χ4n) is 1.59. The van der Waals surface area contributed by atoms with Crippen molar-refractivity contribution in [2.75, 3.05) is 32.9 Å². The van der Waals surface area contributed by atoms with Crippen molar-refractivity contribution in [1.29, 1.82) is 0 Å². The smallest absolute Gasteiger partial charge is 0.117 e. The largest absolute Gasteiger partial charge is 0.389 e. The minimum Gasteiger partial charge on any atom is -0.389 e. The van der Waals surface area contributed by atoms with Gasteiger partial charge in [0.15, 0.2) is 0 Å². The number of halogens is 1. The molecule has 1 N–H and O–H groups in total. The Morgan fingerprint density at radius 3 is 3.15 bits per heavy atom. The van der Waals surface area contributed by atoms with Crippen LogP contribution >= 0.6 is 0 Å². The average Bonchev–Trinajstić information content (AvgIpc) is 2.30. The highest BCUT2D eigenvalue weighted by Crippen LogP contribution is 2.05. The summed E-state index contributed by atoms with van der Waals surface area (Å²) in [6.07, 6.45) is 0.309. The van der Waals surface area contributed by atoms with Crippen LogP contribution in [0.2, 0.25) is 0 Å². The summed E-state index contributed by atoms with van der Waals surface area (Å²) in [7, 11) is 0. The van der Waals surface area contributed by atoms with Gasteiger partial charge in [-0.25, -0.2) is 4.39 Å². The second-order valence-corrected chi connectivity index (χ2v) is 3.60. The third kappa shape index (κ3) is 4.02. The molecular weight excluding hydrogens is 173 g/mol. The number of β-amino-alcohol motifs (C(OH)–C–C–N with tert-alkyl or cyclic N) is 1. The molecule has 0 aromatic rings. The standard InChI is InChI=1S/C9H18FNO2/c1-8-6-11(3-2-4-13-8)7-9(12)5-10/h8-9,12H,2-7H2,1H3. The average molecular weight is 191 g/mol. The third-order valence-electron chi connectivity index (χ3n) is 2.18. The van der Waals surface area contributed by atoms with E-state index in [2.05, 4.69) is 4.90 Å². The van der Waals surface area contributed by atoms with E-state index in [1.165, 1.54) is 0 Å². The zero-order chi connectivity index (χ0) is 9.68. The number of nitrogens with zero attached hydrogens (tertiary/aromatic N) is 1. The molecule has 1 saturated heterocycles. The predicted molar refractivity (Wildman–Crippen MR) is 48.5 cm³/mol. The maximum Gasteiger partial charge on any atom is 0.117 e. The quantitative estimate of drug-likeness (QED) is 0.702.